The zero-order chi connectivity index (χ0) is 15.9. The maximum Gasteiger partial charge on any atom is 0.410 e. The molecule has 21 heavy (non-hydrogen) atoms. The molecule has 2 amide bonds. The molecule has 0 bridgehead atoms. The predicted octanol–water partition coefficient (Wildman–Crippen LogP) is 1.50. The molecule has 2 N–H and O–H groups in total. The molecule has 0 aromatic carbocycles. The molecule has 0 aromatic rings. The average molecular weight is 299 g/mol. The maximum absolute atomic E-state index is 12.0. The van der Waals surface area contributed by atoms with E-state index in [9.17, 15) is 9.59 Å². The second-order valence-corrected chi connectivity index (χ2v) is 6.50. The molecule has 1 saturated heterocycles. The van der Waals surface area contributed by atoms with Gasteiger partial charge in [0.25, 0.3) is 0 Å². The fourth-order valence-electron chi connectivity index (χ4n) is 2.20. The van der Waals surface area contributed by atoms with Crippen LogP contribution >= 0.6 is 0 Å². The highest BCUT2D eigenvalue weighted by Gasteiger charge is 2.27. The fourth-order valence-corrected chi connectivity index (χ4v) is 2.20. The van der Waals surface area contributed by atoms with Crippen LogP contribution in [0.1, 0.15) is 47.0 Å². The van der Waals surface area contributed by atoms with Crippen LogP contribution in [0.2, 0.25) is 0 Å². The van der Waals surface area contributed by atoms with E-state index in [0.29, 0.717) is 19.6 Å². The van der Waals surface area contributed by atoms with Crippen molar-refractivity contribution >= 4 is 12.0 Å². The van der Waals surface area contributed by atoms with Crippen LogP contribution in [0.4, 0.5) is 4.79 Å². The summed E-state index contributed by atoms with van der Waals surface area (Å²) in [5.74, 6) is 0.00578. The van der Waals surface area contributed by atoms with Crippen LogP contribution < -0.4 is 10.6 Å². The Balaban J connectivity index is 2.35. The Morgan fingerprint density at radius 2 is 2.05 bits per heavy atom. The molecule has 0 saturated carbocycles. The quantitative estimate of drug-likeness (QED) is 0.807. The number of nitrogens with one attached hydrogen (secondary N) is 2. The van der Waals surface area contributed by atoms with E-state index in [-0.39, 0.29) is 18.0 Å². The third kappa shape index (κ3) is 7.32. The van der Waals surface area contributed by atoms with Crippen molar-refractivity contribution in [1.82, 2.24) is 15.5 Å². The van der Waals surface area contributed by atoms with Gasteiger partial charge in [-0.25, -0.2) is 4.79 Å². The highest BCUT2D eigenvalue weighted by atomic mass is 16.6. The zero-order valence-electron chi connectivity index (χ0n) is 13.7. The first-order chi connectivity index (χ1) is 9.81. The van der Waals surface area contributed by atoms with Gasteiger partial charge in [0.05, 0.1) is 6.54 Å². The van der Waals surface area contributed by atoms with Crippen LogP contribution in [-0.2, 0) is 9.53 Å². The lowest BCUT2D eigenvalue weighted by Crippen LogP contribution is -2.51. The van der Waals surface area contributed by atoms with Crippen molar-refractivity contribution < 1.29 is 14.3 Å². The summed E-state index contributed by atoms with van der Waals surface area (Å²) in [6.45, 7) is 9.93. The molecule has 0 spiro atoms. The highest BCUT2D eigenvalue weighted by molar-refractivity contribution is 5.78. The van der Waals surface area contributed by atoms with Crippen LogP contribution in [0.5, 0.6) is 0 Å². The summed E-state index contributed by atoms with van der Waals surface area (Å²) in [5, 5.41) is 6.05. The summed E-state index contributed by atoms with van der Waals surface area (Å²) in [4.78, 5) is 25.3. The SMILES string of the molecule is CCCNC(=O)CNC1CCCN(C(=O)OC(C)(C)C)C1. The van der Waals surface area contributed by atoms with Crippen LogP contribution in [0, 0.1) is 0 Å². The van der Waals surface area contributed by atoms with Crippen LogP contribution in [0.15, 0.2) is 0 Å². The van der Waals surface area contributed by atoms with E-state index in [1.165, 1.54) is 0 Å². The number of piperidine rings is 1. The molecule has 1 aliphatic rings. The van der Waals surface area contributed by atoms with Gasteiger partial charge in [-0.2, -0.15) is 0 Å². The van der Waals surface area contributed by atoms with Gasteiger partial charge >= 0.3 is 6.09 Å². The van der Waals surface area contributed by atoms with Crippen LogP contribution in [-0.4, -0.2) is 54.7 Å². The number of carbonyl (C=O) groups excluding carboxylic acids is 2. The molecule has 6 heteroatoms. The number of carbonyl (C=O) groups is 2. The lowest BCUT2D eigenvalue weighted by molar-refractivity contribution is -0.120. The van der Waals surface area contributed by atoms with Gasteiger partial charge in [0, 0.05) is 25.7 Å². The van der Waals surface area contributed by atoms with Gasteiger partial charge in [-0.3, -0.25) is 4.79 Å². The molecule has 1 rings (SSSR count). The predicted molar refractivity (Wildman–Crippen MR) is 82.1 cm³/mol. The van der Waals surface area contributed by atoms with Crippen molar-refractivity contribution in [2.24, 2.45) is 0 Å². The number of hydrogen-bond donors (Lipinski definition) is 2. The third-order valence-electron chi connectivity index (χ3n) is 3.20. The molecule has 0 aromatic heterocycles. The van der Waals surface area contributed by atoms with Crippen molar-refractivity contribution in [3.63, 3.8) is 0 Å². The lowest BCUT2D eigenvalue weighted by Gasteiger charge is -2.34. The Hall–Kier alpha value is -1.30. The number of hydrogen-bond acceptors (Lipinski definition) is 4. The van der Waals surface area contributed by atoms with Crippen LogP contribution in [0.25, 0.3) is 0 Å². The zero-order valence-corrected chi connectivity index (χ0v) is 13.7. The van der Waals surface area contributed by atoms with Crippen molar-refractivity contribution in [2.45, 2.75) is 58.6 Å². The summed E-state index contributed by atoms with van der Waals surface area (Å²) in [7, 11) is 0. The van der Waals surface area contributed by atoms with Gasteiger partial charge in [0.2, 0.25) is 5.91 Å². The molecule has 1 heterocycles. The van der Waals surface area contributed by atoms with E-state index >= 15 is 0 Å². The number of amides is 2. The van der Waals surface area contributed by atoms with Gasteiger partial charge in [-0.1, -0.05) is 6.92 Å². The van der Waals surface area contributed by atoms with Crippen molar-refractivity contribution in [3.05, 3.63) is 0 Å². The standard InChI is InChI=1S/C15H29N3O3/c1-5-8-16-13(19)10-17-12-7-6-9-18(11-12)14(20)21-15(2,3)4/h12,17H,5-11H2,1-4H3,(H,16,19). The minimum atomic E-state index is -0.475. The summed E-state index contributed by atoms with van der Waals surface area (Å²) >= 11 is 0. The Morgan fingerprint density at radius 1 is 1.33 bits per heavy atom. The number of ether oxygens (including phenoxy) is 1. The second-order valence-electron chi connectivity index (χ2n) is 6.50. The van der Waals surface area contributed by atoms with Gasteiger partial charge in [0.15, 0.2) is 0 Å². The smallest absolute Gasteiger partial charge is 0.410 e. The van der Waals surface area contributed by atoms with Crippen molar-refractivity contribution in [2.75, 3.05) is 26.2 Å². The average Bonchev–Trinajstić information content (AvgIpc) is 2.41. The van der Waals surface area contributed by atoms with E-state index in [1.807, 2.05) is 27.7 Å². The van der Waals surface area contributed by atoms with Crippen LogP contribution in [0.3, 0.4) is 0 Å². The number of rotatable bonds is 5. The molecule has 1 aliphatic heterocycles. The second kappa shape index (κ2) is 8.22. The molecule has 1 fully saturated rings. The first-order valence-electron chi connectivity index (χ1n) is 7.80. The Kier molecular flexibility index (Phi) is 6.95. The number of likely N-dealkylation sites (tertiary alicyclic amines) is 1. The summed E-state index contributed by atoms with van der Waals surface area (Å²) < 4.78 is 5.38. The van der Waals surface area contributed by atoms with Gasteiger partial charge < -0.3 is 20.3 Å². The van der Waals surface area contributed by atoms with Gasteiger partial charge in [-0.15, -0.1) is 0 Å². The molecular weight excluding hydrogens is 270 g/mol. The van der Waals surface area contributed by atoms with Gasteiger partial charge in [0.1, 0.15) is 5.60 Å². The monoisotopic (exact) mass is 299 g/mol. The Morgan fingerprint density at radius 3 is 2.67 bits per heavy atom. The topological polar surface area (TPSA) is 70.7 Å². The van der Waals surface area contributed by atoms with Crippen molar-refractivity contribution in [3.8, 4) is 0 Å². The van der Waals surface area contributed by atoms with E-state index in [2.05, 4.69) is 10.6 Å². The van der Waals surface area contributed by atoms with E-state index in [0.717, 1.165) is 25.8 Å². The molecule has 0 radical (unpaired) electrons. The highest BCUT2D eigenvalue weighted by Crippen LogP contribution is 2.15. The first kappa shape index (κ1) is 17.8. The molecule has 6 nitrogen and oxygen atoms in total. The minimum absolute atomic E-state index is 0.00578. The maximum atomic E-state index is 12.0. The van der Waals surface area contributed by atoms with Gasteiger partial charge in [-0.05, 0) is 40.0 Å². The third-order valence-corrected chi connectivity index (χ3v) is 3.20. The normalized spacial score (nSPS) is 19.2. The van der Waals surface area contributed by atoms with E-state index in [1.54, 1.807) is 4.90 Å². The summed E-state index contributed by atoms with van der Waals surface area (Å²) in [5.41, 5.74) is -0.475. The fraction of sp³-hybridized carbons (Fsp3) is 0.867. The lowest BCUT2D eigenvalue weighted by atomic mass is 10.1. The number of nitrogens with zero attached hydrogens (tertiary/aromatic N) is 1. The Bertz CT molecular complexity index is 353. The molecule has 1 atom stereocenters. The first-order valence-corrected chi connectivity index (χ1v) is 7.80. The van der Waals surface area contributed by atoms with E-state index in [4.69, 9.17) is 4.74 Å². The molecular formula is C15H29N3O3. The summed E-state index contributed by atoms with van der Waals surface area (Å²) in [6.07, 6.45) is 2.56. The summed E-state index contributed by atoms with van der Waals surface area (Å²) in [6, 6.07) is 0.152. The molecule has 122 valence electrons. The molecule has 0 aliphatic carbocycles. The minimum Gasteiger partial charge on any atom is -0.444 e. The molecule has 1 unspecified atom stereocenters. The largest absolute Gasteiger partial charge is 0.444 e. The Labute approximate surface area is 127 Å². The van der Waals surface area contributed by atoms with Crippen molar-refractivity contribution in [1.29, 1.82) is 0 Å². The van der Waals surface area contributed by atoms with E-state index < -0.39 is 5.60 Å².